The summed E-state index contributed by atoms with van der Waals surface area (Å²) in [4.78, 5) is 11.5. The summed E-state index contributed by atoms with van der Waals surface area (Å²) in [6.45, 7) is 1.77. The second-order valence-electron chi connectivity index (χ2n) is 3.74. The minimum atomic E-state index is -1.71. The highest BCUT2D eigenvalue weighted by molar-refractivity contribution is 5.94. The molecule has 0 aliphatic rings. The smallest absolute Gasteiger partial charge is 0.257 e. The zero-order valence-corrected chi connectivity index (χ0v) is 9.78. The Morgan fingerprint density at radius 2 is 1.72 bits per heavy atom. The predicted octanol–water partition coefficient (Wildman–Crippen LogP) is 1.58. The molecule has 1 amide bonds. The lowest BCUT2D eigenvalue weighted by molar-refractivity contribution is 0.0939. The van der Waals surface area contributed by atoms with Crippen LogP contribution in [0.2, 0.25) is 0 Å². The van der Waals surface area contributed by atoms with Gasteiger partial charge in [-0.3, -0.25) is 4.79 Å². The second kappa shape index (κ2) is 5.81. The Labute approximate surface area is 101 Å². The minimum Gasteiger partial charge on any atom is -0.350 e. The number of amides is 1. The van der Waals surface area contributed by atoms with Gasteiger partial charge in [0, 0.05) is 18.7 Å². The highest BCUT2D eigenvalue weighted by Crippen LogP contribution is 2.19. The topological polar surface area (TPSA) is 41.1 Å². The number of carbonyl (C=O) groups excluding carboxylic acids is 1. The van der Waals surface area contributed by atoms with Crippen molar-refractivity contribution in [3.8, 4) is 0 Å². The van der Waals surface area contributed by atoms with Crippen LogP contribution >= 0.6 is 0 Å². The molecule has 1 rings (SSSR count). The van der Waals surface area contributed by atoms with E-state index >= 15 is 0 Å². The van der Waals surface area contributed by atoms with E-state index in [1.807, 2.05) is 0 Å². The molecule has 0 aliphatic heterocycles. The molecule has 1 unspecified atom stereocenters. The summed E-state index contributed by atoms with van der Waals surface area (Å²) in [5, 5.41) is 4.94. The molecule has 0 radical (unpaired) electrons. The van der Waals surface area contributed by atoms with Crippen LogP contribution in [0.1, 0.15) is 17.3 Å². The van der Waals surface area contributed by atoms with Gasteiger partial charge in [0.1, 0.15) is 5.56 Å². The summed E-state index contributed by atoms with van der Waals surface area (Å²) < 4.78 is 52.2. The molecule has 3 nitrogen and oxygen atoms in total. The molecule has 0 fully saturated rings. The van der Waals surface area contributed by atoms with E-state index in [9.17, 15) is 22.4 Å². The van der Waals surface area contributed by atoms with Gasteiger partial charge in [0.2, 0.25) is 0 Å². The zero-order valence-electron chi connectivity index (χ0n) is 9.78. The second-order valence-corrected chi connectivity index (χ2v) is 3.74. The van der Waals surface area contributed by atoms with Gasteiger partial charge in [-0.05, 0) is 14.0 Å². The van der Waals surface area contributed by atoms with Crippen molar-refractivity contribution >= 4 is 5.91 Å². The molecule has 1 aromatic rings. The highest BCUT2D eigenvalue weighted by atomic mass is 19.2. The Bertz CT molecular complexity index is 439. The molecular weight excluding hydrogens is 252 g/mol. The van der Waals surface area contributed by atoms with Gasteiger partial charge in [-0.25, -0.2) is 17.6 Å². The Balaban J connectivity index is 2.99. The fourth-order valence-electron chi connectivity index (χ4n) is 1.21. The molecule has 0 aliphatic carbocycles. The van der Waals surface area contributed by atoms with Crippen LogP contribution in [0.5, 0.6) is 0 Å². The summed E-state index contributed by atoms with van der Waals surface area (Å²) >= 11 is 0. The van der Waals surface area contributed by atoms with Gasteiger partial charge in [-0.2, -0.15) is 0 Å². The van der Waals surface area contributed by atoms with Gasteiger partial charge in [0.05, 0.1) is 0 Å². The number of hydrogen-bond acceptors (Lipinski definition) is 2. The molecule has 0 spiro atoms. The molecule has 7 heteroatoms. The van der Waals surface area contributed by atoms with Gasteiger partial charge in [0.25, 0.3) is 5.91 Å². The summed E-state index contributed by atoms with van der Waals surface area (Å²) in [6.07, 6.45) is 0. The molecule has 0 saturated heterocycles. The van der Waals surface area contributed by atoms with Crippen molar-refractivity contribution in [1.29, 1.82) is 0 Å². The Morgan fingerprint density at radius 1 is 1.22 bits per heavy atom. The maximum Gasteiger partial charge on any atom is 0.257 e. The third-order valence-corrected chi connectivity index (χ3v) is 2.40. The van der Waals surface area contributed by atoms with E-state index in [1.54, 1.807) is 14.0 Å². The van der Waals surface area contributed by atoms with E-state index in [0.717, 1.165) is 0 Å². The van der Waals surface area contributed by atoms with Crippen LogP contribution in [0.25, 0.3) is 0 Å². The molecule has 0 bridgehead atoms. The van der Waals surface area contributed by atoms with E-state index in [4.69, 9.17) is 0 Å². The number of carbonyl (C=O) groups is 1. The molecule has 1 aromatic carbocycles. The SMILES string of the molecule is CNC(C)CNC(=O)c1c(F)c(F)cc(F)c1F. The van der Waals surface area contributed by atoms with Crippen LogP contribution in [-0.4, -0.2) is 25.5 Å². The number of rotatable bonds is 4. The zero-order chi connectivity index (χ0) is 13.9. The van der Waals surface area contributed by atoms with Gasteiger partial charge in [-0.15, -0.1) is 0 Å². The standard InChI is InChI=1S/C11H12F4N2O/c1-5(16-2)4-17-11(18)8-9(14)6(12)3-7(13)10(8)15/h3,5,16H,4H2,1-2H3,(H,17,18). The maximum atomic E-state index is 13.2. The van der Waals surface area contributed by atoms with Crippen LogP contribution in [-0.2, 0) is 0 Å². The highest BCUT2D eigenvalue weighted by Gasteiger charge is 2.24. The monoisotopic (exact) mass is 264 g/mol. The minimum absolute atomic E-state index is 0.0532. The first-order valence-corrected chi connectivity index (χ1v) is 5.17. The third kappa shape index (κ3) is 2.98. The van der Waals surface area contributed by atoms with E-state index in [0.29, 0.717) is 0 Å². The van der Waals surface area contributed by atoms with Crippen molar-refractivity contribution < 1.29 is 22.4 Å². The summed E-state index contributed by atoms with van der Waals surface area (Å²) in [6, 6.07) is -0.101. The van der Waals surface area contributed by atoms with E-state index in [2.05, 4.69) is 10.6 Å². The van der Waals surface area contributed by atoms with Crippen molar-refractivity contribution in [1.82, 2.24) is 10.6 Å². The molecule has 18 heavy (non-hydrogen) atoms. The first-order valence-electron chi connectivity index (χ1n) is 5.17. The average molecular weight is 264 g/mol. The molecule has 0 heterocycles. The molecule has 1 atom stereocenters. The Morgan fingerprint density at radius 3 is 2.17 bits per heavy atom. The number of hydrogen-bond donors (Lipinski definition) is 2. The third-order valence-electron chi connectivity index (χ3n) is 2.40. The Hall–Kier alpha value is -1.63. The van der Waals surface area contributed by atoms with Crippen LogP contribution in [0, 0.1) is 23.3 Å². The van der Waals surface area contributed by atoms with Crippen LogP contribution in [0.15, 0.2) is 6.07 Å². The fraction of sp³-hybridized carbons (Fsp3) is 0.364. The Kier molecular flexibility index (Phi) is 4.66. The molecule has 2 N–H and O–H groups in total. The fourth-order valence-corrected chi connectivity index (χ4v) is 1.21. The average Bonchev–Trinajstić information content (AvgIpc) is 2.33. The quantitative estimate of drug-likeness (QED) is 0.640. The van der Waals surface area contributed by atoms with Gasteiger partial charge >= 0.3 is 0 Å². The lowest BCUT2D eigenvalue weighted by atomic mass is 10.1. The van der Waals surface area contributed by atoms with E-state index in [1.165, 1.54) is 0 Å². The van der Waals surface area contributed by atoms with E-state index in [-0.39, 0.29) is 18.7 Å². The summed E-state index contributed by atoms with van der Waals surface area (Å²) in [7, 11) is 1.62. The number of nitrogens with one attached hydrogen (secondary N) is 2. The van der Waals surface area contributed by atoms with Crippen molar-refractivity contribution in [3.63, 3.8) is 0 Å². The number of halogens is 4. The largest absolute Gasteiger partial charge is 0.350 e. The predicted molar refractivity (Wildman–Crippen MR) is 57.1 cm³/mol. The van der Waals surface area contributed by atoms with E-state index < -0.39 is 34.7 Å². The lowest BCUT2D eigenvalue weighted by Crippen LogP contribution is -2.38. The van der Waals surface area contributed by atoms with Gasteiger partial charge in [0.15, 0.2) is 23.3 Å². The molecule has 0 aromatic heterocycles. The normalized spacial score (nSPS) is 12.3. The van der Waals surface area contributed by atoms with Gasteiger partial charge in [-0.1, -0.05) is 0 Å². The first kappa shape index (κ1) is 14.4. The number of likely N-dealkylation sites (N-methyl/N-ethyl adjacent to an activating group) is 1. The molecule has 100 valence electrons. The summed E-state index contributed by atoms with van der Waals surface area (Å²) in [5.74, 6) is -7.83. The summed E-state index contributed by atoms with van der Waals surface area (Å²) in [5.41, 5.74) is -1.25. The number of benzene rings is 1. The molecule has 0 saturated carbocycles. The van der Waals surface area contributed by atoms with Crippen LogP contribution < -0.4 is 10.6 Å². The maximum absolute atomic E-state index is 13.2. The van der Waals surface area contributed by atoms with Crippen LogP contribution in [0.3, 0.4) is 0 Å². The van der Waals surface area contributed by atoms with Crippen molar-refractivity contribution in [2.75, 3.05) is 13.6 Å². The van der Waals surface area contributed by atoms with Gasteiger partial charge < -0.3 is 10.6 Å². The van der Waals surface area contributed by atoms with Crippen molar-refractivity contribution in [2.45, 2.75) is 13.0 Å². The molecular formula is C11H12F4N2O. The van der Waals surface area contributed by atoms with Crippen LogP contribution in [0.4, 0.5) is 17.6 Å². The van der Waals surface area contributed by atoms with Crippen molar-refractivity contribution in [3.05, 3.63) is 34.9 Å². The first-order chi connectivity index (χ1) is 8.38. The van der Waals surface area contributed by atoms with Crippen molar-refractivity contribution in [2.24, 2.45) is 0 Å². The lowest BCUT2D eigenvalue weighted by Gasteiger charge is -2.12.